The SMILES string of the molecule is C[C@@H]1C[C@H](C(=O)NCC[C@@H]2C[C@H]2C2CC2)CC(=O)N1. The van der Waals surface area contributed by atoms with Crippen LogP contribution in [0, 0.1) is 23.7 Å². The lowest BCUT2D eigenvalue weighted by molar-refractivity contribution is -0.133. The van der Waals surface area contributed by atoms with E-state index in [4.69, 9.17) is 0 Å². The van der Waals surface area contributed by atoms with Gasteiger partial charge < -0.3 is 10.6 Å². The Morgan fingerprint density at radius 1 is 1.37 bits per heavy atom. The van der Waals surface area contributed by atoms with Gasteiger partial charge in [-0.05, 0) is 56.8 Å². The summed E-state index contributed by atoms with van der Waals surface area (Å²) >= 11 is 0. The molecular formula is C15H24N2O2. The zero-order valence-corrected chi connectivity index (χ0v) is 11.7. The predicted octanol–water partition coefficient (Wildman–Crippen LogP) is 1.45. The Kier molecular flexibility index (Phi) is 3.50. The fourth-order valence-electron chi connectivity index (χ4n) is 3.56. The second-order valence-corrected chi connectivity index (χ2v) is 6.68. The van der Waals surface area contributed by atoms with E-state index in [1.807, 2.05) is 6.92 Å². The molecule has 4 nitrogen and oxygen atoms in total. The Morgan fingerprint density at radius 3 is 2.84 bits per heavy atom. The minimum Gasteiger partial charge on any atom is -0.356 e. The van der Waals surface area contributed by atoms with E-state index >= 15 is 0 Å². The molecule has 1 aliphatic heterocycles. The molecule has 1 heterocycles. The number of carbonyl (C=O) groups is 2. The van der Waals surface area contributed by atoms with Gasteiger partial charge in [0.15, 0.2) is 0 Å². The molecule has 19 heavy (non-hydrogen) atoms. The number of hydrogen-bond acceptors (Lipinski definition) is 2. The van der Waals surface area contributed by atoms with Crippen LogP contribution in [0.3, 0.4) is 0 Å². The molecule has 3 aliphatic rings. The van der Waals surface area contributed by atoms with Crippen molar-refractivity contribution >= 4 is 11.8 Å². The van der Waals surface area contributed by atoms with Gasteiger partial charge in [-0.3, -0.25) is 9.59 Å². The molecule has 0 spiro atoms. The first-order valence-electron chi connectivity index (χ1n) is 7.70. The molecule has 2 saturated carbocycles. The van der Waals surface area contributed by atoms with Crippen LogP contribution in [-0.2, 0) is 9.59 Å². The van der Waals surface area contributed by atoms with E-state index in [-0.39, 0.29) is 23.8 Å². The van der Waals surface area contributed by atoms with Gasteiger partial charge in [0.25, 0.3) is 0 Å². The molecule has 0 radical (unpaired) electrons. The van der Waals surface area contributed by atoms with E-state index in [0.717, 1.165) is 37.1 Å². The highest BCUT2D eigenvalue weighted by molar-refractivity contribution is 5.87. The summed E-state index contributed by atoms with van der Waals surface area (Å²) in [6, 6.07) is 0.125. The predicted molar refractivity (Wildman–Crippen MR) is 72.3 cm³/mol. The molecule has 4 heteroatoms. The third-order valence-electron chi connectivity index (χ3n) is 4.87. The normalized spacial score (nSPS) is 37.6. The first-order valence-corrected chi connectivity index (χ1v) is 7.70. The second-order valence-electron chi connectivity index (χ2n) is 6.68. The minimum absolute atomic E-state index is 0.00916. The molecule has 0 aromatic carbocycles. The van der Waals surface area contributed by atoms with Crippen LogP contribution in [0.15, 0.2) is 0 Å². The molecule has 4 atom stereocenters. The zero-order valence-electron chi connectivity index (χ0n) is 11.7. The van der Waals surface area contributed by atoms with Crippen LogP contribution in [-0.4, -0.2) is 24.4 Å². The van der Waals surface area contributed by atoms with Crippen LogP contribution < -0.4 is 10.6 Å². The van der Waals surface area contributed by atoms with Gasteiger partial charge in [-0.1, -0.05) is 0 Å². The summed E-state index contributed by atoms with van der Waals surface area (Å²) in [7, 11) is 0. The van der Waals surface area contributed by atoms with Gasteiger partial charge in [-0.15, -0.1) is 0 Å². The molecule has 0 aromatic heterocycles. The summed E-state index contributed by atoms with van der Waals surface area (Å²) in [4.78, 5) is 23.4. The Balaban J connectivity index is 1.35. The van der Waals surface area contributed by atoms with E-state index in [9.17, 15) is 9.59 Å². The standard InChI is InChI=1S/C15H24N2O2/c1-9-6-12(8-14(18)17-9)15(19)16-5-4-11-7-13(11)10-2-3-10/h9-13H,2-8H2,1H3,(H,16,19)(H,17,18)/t9-,11-,12+,13+/m1/s1. The molecule has 2 aliphatic carbocycles. The fraction of sp³-hybridized carbons (Fsp3) is 0.867. The molecule has 0 bridgehead atoms. The van der Waals surface area contributed by atoms with Crippen molar-refractivity contribution in [2.24, 2.45) is 23.7 Å². The molecule has 2 amide bonds. The van der Waals surface area contributed by atoms with E-state index < -0.39 is 0 Å². The molecule has 3 rings (SSSR count). The van der Waals surface area contributed by atoms with E-state index in [1.165, 1.54) is 19.3 Å². The van der Waals surface area contributed by atoms with Gasteiger partial charge in [0.05, 0.1) is 0 Å². The third-order valence-corrected chi connectivity index (χ3v) is 4.87. The first kappa shape index (κ1) is 12.9. The van der Waals surface area contributed by atoms with Crippen molar-refractivity contribution in [3.8, 4) is 0 Å². The van der Waals surface area contributed by atoms with Crippen LogP contribution in [0.4, 0.5) is 0 Å². The minimum atomic E-state index is -0.123. The lowest BCUT2D eigenvalue weighted by Crippen LogP contribution is -2.45. The Labute approximate surface area is 114 Å². The number of piperidine rings is 1. The van der Waals surface area contributed by atoms with Crippen LogP contribution in [0.5, 0.6) is 0 Å². The monoisotopic (exact) mass is 264 g/mol. The van der Waals surface area contributed by atoms with Crippen molar-refractivity contribution in [2.75, 3.05) is 6.54 Å². The Hall–Kier alpha value is -1.06. The quantitative estimate of drug-likeness (QED) is 0.789. The highest BCUT2D eigenvalue weighted by Crippen LogP contribution is 2.55. The fourth-order valence-corrected chi connectivity index (χ4v) is 3.56. The number of carbonyl (C=O) groups excluding carboxylic acids is 2. The second kappa shape index (κ2) is 5.14. The number of nitrogens with one attached hydrogen (secondary N) is 2. The van der Waals surface area contributed by atoms with E-state index in [0.29, 0.717) is 6.42 Å². The molecule has 3 fully saturated rings. The largest absolute Gasteiger partial charge is 0.356 e. The Morgan fingerprint density at radius 2 is 2.16 bits per heavy atom. The van der Waals surface area contributed by atoms with Gasteiger partial charge in [-0.2, -0.15) is 0 Å². The maximum Gasteiger partial charge on any atom is 0.223 e. The van der Waals surface area contributed by atoms with Gasteiger partial charge in [0, 0.05) is 24.9 Å². The van der Waals surface area contributed by atoms with Gasteiger partial charge in [-0.25, -0.2) is 0 Å². The van der Waals surface area contributed by atoms with Crippen LogP contribution in [0.25, 0.3) is 0 Å². The lowest BCUT2D eigenvalue weighted by Gasteiger charge is -2.26. The van der Waals surface area contributed by atoms with Crippen molar-refractivity contribution in [1.82, 2.24) is 10.6 Å². The summed E-state index contributed by atoms with van der Waals surface area (Å²) in [5, 5.41) is 5.88. The number of hydrogen-bond donors (Lipinski definition) is 2. The van der Waals surface area contributed by atoms with Crippen molar-refractivity contribution in [3.63, 3.8) is 0 Å². The Bertz CT molecular complexity index is 378. The molecule has 1 saturated heterocycles. The van der Waals surface area contributed by atoms with Crippen LogP contribution in [0.2, 0.25) is 0 Å². The number of rotatable bonds is 5. The smallest absolute Gasteiger partial charge is 0.223 e. The lowest BCUT2D eigenvalue weighted by atomic mass is 9.92. The summed E-state index contributed by atoms with van der Waals surface area (Å²) in [5.41, 5.74) is 0. The maximum absolute atomic E-state index is 12.0. The van der Waals surface area contributed by atoms with Crippen molar-refractivity contribution in [3.05, 3.63) is 0 Å². The van der Waals surface area contributed by atoms with Crippen LogP contribution >= 0.6 is 0 Å². The first-order chi connectivity index (χ1) is 9.13. The highest BCUT2D eigenvalue weighted by atomic mass is 16.2. The van der Waals surface area contributed by atoms with Crippen molar-refractivity contribution in [2.45, 2.75) is 51.5 Å². The molecule has 2 N–H and O–H groups in total. The van der Waals surface area contributed by atoms with E-state index in [1.54, 1.807) is 0 Å². The van der Waals surface area contributed by atoms with Gasteiger partial charge in [0.1, 0.15) is 0 Å². The summed E-state index contributed by atoms with van der Waals surface area (Å²) in [5.74, 6) is 2.81. The molecule has 106 valence electrons. The van der Waals surface area contributed by atoms with Gasteiger partial charge >= 0.3 is 0 Å². The molecule has 0 aromatic rings. The van der Waals surface area contributed by atoms with Crippen molar-refractivity contribution in [1.29, 1.82) is 0 Å². The topological polar surface area (TPSA) is 58.2 Å². The highest BCUT2D eigenvalue weighted by Gasteiger charge is 2.46. The number of amides is 2. The van der Waals surface area contributed by atoms with Crippen molar-refractivity contribution < 1.29 is 9.59 Å². The average Bonchev–Trinajstić information content (AvgIpc) is 3.21. The third kappa shape index (κ3) is 3.28. The summed E-state index contributed by atoms with van der Waals surface area (Å²) in [6.45, 7) is 2.75. The molecule has 0 unspecified atom stereocenters. The van der Waals surface area contributed by atoms with Crippen LogP contribution in [0.1, 0.15) is 45.4 Å². The molecular weight excluding hydrogens is 240 g/mol. The zero-order chi connectivity index (χ0) is 13.4. The average molecular weight is 264 g/mol. The summed E-state index contributed by atoms with van der Waals surface area (Å²) < 4.78 is 0. The maximum atomic E-state index is 12.0. The van der Waals surface area contributed by atoms with Gasteiger partial charge in [0.2, 0.25) is 11.8 Å². The van der Waals surface area contributed by atoms with E-state index in [2.05, 4.69) is 10.6 Å². The summed E-state index contributed by atoms with van der Waals surface area (Å²) in [6.07, 6.45) is 6.49.